The Hall–Kier alpha value is -0.390. The molecule has 0 saturated carbocycles. The average Bonchev–Trinajstić information content (AvgIpc) is 2.59. The maximum Gasteiger partial charge on any atom is 0.117 e. The van der Waals surface area contributed by atoms with Gasteiger partial charge in [-0.15, -0.1) is 0 Å². The van der Waals surface area contributed by atoms with Crippen LogP contribution in [0.2, 0.25) is 0 Å². The quantitative estimate of drug-likeness (QED) is 0.282. The smallest absolute Gasteiger partial charge is 0.117 e. The molecule has 0 amide bonds. The van der Waals surface area contributed by atoms with Gasteiger partial charge in [-0.25, -0.2) is 8.42 Å². The fraction of sp³-hybridized carbons (Fsp3) is 0.905. The van der Waals surface area contributed by atoms with E-state index in [0.29, 0.717) is 5.41 Å². The minimum absolute atomic E-state index is 0.105. The molecule has 0 N–H and O–H groups in total. The molecule has 0 atom stereocenters. The van der Waals surface area contributed by atoms with E-state index < -0.39 is 10.1 Å². The van der Waals surface area contributed by atoms with Crippen LogP contribution in [0.4, 0.5) is 0 Å². The third kappa shape index (κ3) is 18.4. The molecule has 0 unspecified atom stereocenters. The van der Waals surface area contributed by atoms with Gasteiger partial charge in [0.2, 0.25) is 0 Å². The molecule has 0 spiro atoms. The molecule has 0 aliphatic rings. The topological polar surface area (TPSA) is 57.2 Å². The molecule has 26 heavy (non-hydrogen) atoms. The monoisotopic (exact) mass is 391 g/mol. The number of hydrogen-bond acceptors (Lipinski definition) is 3. The molecule has 0 radical (unpaired) electrons. The molecule has 5 heteroatoms. The van der Waals surface area contributed by atoms with Crippen molar-refractivity contribution in [2.24, 2.45) is 5.92 Å². The van der Waals surface area contributed by atoms with Crippen molar-refractivity contribution in [3.63, 3.8) is 0 Å². The molecule has 0 aromatic rings. The van der Waals surface area contributed by atoms with Crippen molar-refractivity contribution in [2.75, 3.05) is 26.2 Å². The van der Waals surface area contributed by atoms with Gasteiger partial charge in [-0.3, -0.25) is 0 Å². The zero-order valence-corrected chi connectivity index (χ0v) is 19.1. The first-order chi connectivity index (χ1) is 12.2. The Morgan fingerprint density at radius 2 is 1.08 bits per heavy atom. The highest BCUT2D eigenvalue weighted by atomic mass is 32.2. The van der Waals surface area contributed by atoms with Crippen LogP contribution < -0.4 is 0 Å². The number of unbranched alkanes of at least 4 members (excludes halogenated alkanes) is 4. The molecular formula is C21H45NO3S. The Bertz CT molecular complexity index is 393. The Morgan fingerprint density at radius 1 is 0.769 bits per heavy atom. The fourth-order valence-corrected chi connectivity index (χ4v) is 3.40. The van der Waals surface area contributed by atoms with Crippen LogP contribution in [0.1, 0.15) is 92.9 Å². The van der Waals surface area contributed by atoms with Gasteiger partial charge in [0.05, 0.1) is 26.2 Å². The van der Waals surface area contributed by atoms with Crippen molar-refractivity contribution in [1.82, 2.24) is 0 Å². The van der Waals surface area contributed by atoms with Crippen molar-refractivity contribution < 1.29 is 17.5 Å². The lowest BCUT2D eigenvalue weighted by Crippen LogP contribution is -2.50. The first kappa shape index (κ1) is 27.8. The Kier molecular flexibility index (Phi) is 17.9. The van der Waals surface area contributed by atoms with E-state index >= 15 is 0 Å². The molecule has 0 aromatic carbocycles. The zero-order chi connectivity index (χ0) is 20.5. The third-order valence-corrected chi connectivity index (χ3v) is 5.06. The Balaban J connectivity index is 0. The minimum atomic E-state index is -4.15. The minimum Gasteiger partial charge on any atom is -0.744 e. The number of hydrogen-bond donors (Lipinski definition) is 0. The first-order valence-electron chi connectivity index (χ1n) is 10.7. The summed E-state index contributed by atoms with van der Waals surface area (Å²) in [5.74, 6) is 0.105. The second-order valence-corrected chi connectivity index (χ2v) is 8.97. The van der Waals surface area contributed by atoms with Gasteiger partial charge in [0, 0.05) is 5.41 Å². The summed E-state index contributed by atoms with van der Waals surface area (Å²) in [6, 6.07) is 0. The second-order valence-electron chi connectivity index (χ2n) is 7.72. The summed E-state index contributed by atoms with van der Waals surface area (Å²) in [6.45, 7) is 18.6. The van der Waals surface area contributed by atoms with Gasteiger partial charge in [-0.1, -0.05) is 73.3 Å². The molecule has 4 nitrogen and oxygen atoms in total. The molecule has 0 aromatic heterocycles. The molecular weight excluding hydrogens is 346 g/mol. The largest absolute Gasteiger partial charge is 0.744 e. The van der Waals surface area contributed by atoms with E-state index in [1.807, 2.05) is 0 Å². The van der Waals surface area contributed by atoms with Gasteiger partial charge < -0.3 is 9.04 Å². The predicted molar refractivity (Wildman–Crippen MR) is 113 cm³/mol. The summed E-state index contributed by atoms with van der Waals surface area (Å²) in [7, 11) is -4.15. The first-order valence-corrected chi connectivity index (χ1v) is 12.1. The predicted octanol–water partition coefficient (Wildman–Crippen LogP) is 5.70. The lowest BCUT2D eigenvalue weighted by Gasteiger charge is -2.39. The Labute approximate surface area is 164 Å². The van der Waals surface area contributed by atoms with Crippen LogP contribution in [0.15, 0.2) is 11.5 Å². The van der Waals surface area contributed by atoms with E-state index in [1.54, 1.807) is 13.8 Å². The van der Waals surface area contributed by atoms with E-state index in [0.717, 1.165) is 0 Å². The normalized spacial score (nSPS) is 12.5. The third-order valence-electron chi connectivity index (χ3n) is 4.57. The molecule has 0 bridgehead atoms. The fourth-order valence-electron chi connectivity index (χ4n) is 2.90. The van der Waals surface area contributed by atoms with Gasteiger partial charge in [0.25, 0.3) is 0 Å². The molecule has 0 aliphatic heterocycles. The van der Waals surface area contributed by atoms with Gasteiger partial charge in [0.1, 0.15) is 10.1 Å². The molecule has 0 rings (SSSR count). The number of allylic oxidation sites excluding steroid dienone is 1. The highest BCUT2D eigenvalue weighted by Crippen LogP contribution is 2.16. The molecule has 0 aliphatic carbocycles. The molecule has 158 valence electrons. The lowest BCUT2D eigenvalue weighted by molar-refractivity contribution is -0.929. The zero-order valence-electron chi connectivity index (χ0n) is 18.3. The number of quaternary nitrogens is 1. The van der Waals surface area contributed by atoms with Gasteiger partial charge in [0.15, 0.2) is 0 Å². The van der Waals surface area contributed by atoms with Crippen LogP contribution in [0.3, 0.4) is 0 Å². The molecule has 0 heterocycles. The van der Waals surface area contributed by atoms with E-state index in [9.17, 15) is 13.0 Å². The van der Waals surface area contributed by atoms with Gasteiger partial charge in [-0.2, -0.15) is 0 Å². The summed E-state index contributed by atoms with van der Waals surface area (Å²) in [6.07, 6.45) is 12.4. The maximum absolute atomic E-state index is 9.89. The van der Waals surface area contributed by atoms with Crippen molar-refractivity contribution >= 4 is 10.1 Å². The average molecular weight is 392 g/mol. The van der Waals surface area contributed by atoms with E-state index in [2.05, 4.69) is 27.7 Å². The molecule has 0 fully saturated rings. The summed E-state index contributed by atoms with van der Waals surface area (Å²) in [5, 5.41) is 0.678. The summed E-state index contributed by atoms with van der Waals surface area (Å²) >= 11 is 0. The van der Waals surface area contributed by atoms with E-state index in [-0.39, 0.29) is 5.92 Å². The second kappa shape index (κ2) is 16.8. The highest BCUT2D eigenvalue weighted by Gasteiger charge is 2.24. The van der Waals surface area contributed by atoms with E-state index in [4.69, 9.17) is 0 Å². The summed E-state index contributed by atoms with van der Waals surface area (Å²) < 4.78 is 31.1. The van der Waals surface area contributed by atoms with Gasteiger partial charge >= 0.3 is 0 Å². The van der Waals surface area contributed by atoms with Crippen molar-refractivity contribution in [3.8, 4) is 0 Å². The Morgan fingerprint density at radius 3 is 1.23 bits per heavy atom. The SMILES string of the molecule is CC(C)/C=C/S(=O)(=O)[O-].CCCC[N+](CCCC)(CCCC)CCCC. The van der Waals surface area contributed by atoms with Crippen LogP contribution in [0.25, 0.3) is 0 Å². The summed E-state index contributed by atoms with van der Waals surface area (Å²) in [4.78, 5) is 0. The van der Waals surface area contributed by atoms with Crippen molar-refractivity contribution in [3.05, 3.63) is 11.5 Å². The van der Waals surface area contributed by atoms with Crippen LogP contribution >= 0.6 is 0 Å². The van der Waals surface area contributed by atoms with Crippen LogP contribution in [-0.2, 0) is 10.1 Å². The maximum atomic E-state index is 9.89. The lowest BCUT2D eigenvalue weighted by atomic mass is 10.1. The highest BCUT2D eigenvalue weighted by molar-refractivity contribution is 7.88. The van der Waals surface area contributed by atoms with Crippen molar-refractivity contribution in [2.45, 2.75) is 92.9 Å². The summed E-state index contributed by atoms with van der Waals surface area (Å²) in [5.41, 5.74) is 0. The van der Waals surface area contributed by atoms with Crippen molar-refractivity contribution in [1.29, 1.82) is 0 Å². The van der Waals surface area contributed by atoms with Crippen LogP contribution in [0.5, 0.6) is 0 Å². The van der Waals surface area contributed by atoms with Crippen LogP contribution in [-0.4, -0.2) is 43.6 Å². The van der Waals surface area contributed by atoms with Crippen LogP contribution in [0, 0.1) is 5.92 Å². The molecule has 0 saturated heterocycles. The van der Waals surface area contributed by atoms with E-state index in [1.165, 1.54) is 88.1 Å². The number of rotatable bonds is 14. The standard InChI is InChI=1S/C16H36N.C5H10O3S/c1-5-9-13-17(14-10-6-2,15-11-7-3)16-12-8-4;1-5(2)3-4-9(6,7)8/h5-16H2,1-4H3;3-5H,1-2H3,(H,6,7,8)/q+1;/p-1/b;4-3+. The van der Waals surface area contributed by atoms with Gasteiger partial charge in [-0.05, 0) is 31.6 Å². The number of nitrogens with zero attached hydrogens (tertiary/aromatic N) is 1.